The Balaban J connectivity index is 1.15. The molecule has 12 atom stereocenters. The summed E-state index contributed by atoms with van der Waals surface area (Å²) in [5.41, 5.74) is 28.6. The van der Waals surface area contributed by atoms with Crippen LogP contribution >= 0.6 is 0 Å². The molecule has 600 valence electrons. The number of aliphatic hydroxyl groups excluding tert-OH is 1. The van der Waals surface area contributed by atoms with Crippen molar-refractivity contribution in [3.63, 3.8) is 0 Å². The SMILES string of the molecule is CC[C@H](C)[C@H](NC(=O)[C@H](CC(N)=O)NC(=O)[C@H](CCCCN)NC(=O)[C@H](C)NC(=O)CNC(=O)Cc1ccc2ccc3cccc4ccc1c2c34)C(=O)N[C@@H](CC(N)=O)C(=O)N[C@@H](Cc1ccc(O)cc1)C(=O)N1CCC[C@H]1C(=O)N[C@@H](CCCNC(=N)N)C(=O)N[C@@H](CC(=O)O)C(=O)N[C@H](C(=O)NCC(N)=O)[C@@H](C)O. The number of benzene rings is 5. The fourth-order valence-electron chi connectivity index (χ4n) is 12.6. The fraction of sp³-hybridized carbons (Fsp3) is 0.466. The molecule has 26 N–H and O–H groups in total. The van der Waals surface area contributed by atoms with Crippen LogP contribution in [0.4, 0.5) is 0 Å². The number of likely N-dealkylation sites (tertiary alicyclic amines) is 1. The third-order valence-corrected chi connectivity index (χ3v) is 18.6. The van der Waals surface area contributed by atoms with Gasteiger partial charge >= 0.3 is 5.97 Å². The highest BCUT2D eigenvalue weighted by atomic mass is 16.4. The molecular weight excluding hydrogens is 1450 g/mol. The van der Waals surface area contributed by atoms with Gasteiger partial charge in [-0.1, -0.05) is 87.0 Å². The lowest BCUT2D eigenvalue weighted by Gasteiger charge is -2.31. The zero-order valence-corrected chi connectivity index (χ0v) is 61.9. The van der Waals surface area contributed by atoms with Crippen molar-refractivity contribution >= 4 is 133 Å². The summed E-state index contributed by atoms with van der Waals surface area (Å²) in [6, 6.07) is 6.49. The van der Waals surface area contributed by atoms with E-state index in [1.165, 1.54) is 38.1 Å². The Morgan fingerprint density at radius 2 is 1.06 bits per heavy atom. The van der Waals surface area contributed by atoms with Crippen LogP contribution in [0.25, 0.3) is 32.3 Å². The maximum absolute atomic E-state index is 15.0. The molecule has 38 heteroatoms. The van der Waals surface area contributed by atoms with Crippen LogP contribution in [0.2, 0.25) is 0 Å². The maximum atomic E-state index is 15.0. The number of unbranched alkanes of at least 4 members (excludes halogenated alkanes) is 1. The summed E-state index contributed by atoms with van der Waals surface area (Å²) in [7, 11) is 0. The van der Waals surface area contributed by atoms with Crippen LogP contribution in [0.15, 0.2) is 78.9 Å². The minimum Gasteiger partial charge on any atom is -0.508 e. The number of phenols is 1. The highest BCUT2D eigenvalue weighted by molar-refractivity contribution is 6.24. The zero-order valence-electron chi connectivity index (χ0n) is 61.9. The van der Waals surface area contributed by atoms with Crippen LogP contribution < -0.4 is 92.5 Å². The number of hydrogen-bond acceptors (Lipinski definition) is 20. The molecule has 5 aromatic rings. The molecule has 0 saturated carbocycles. The number of nitrogens with zero attached hydrogens (tertiary/aromatic N) is 1. The molecule has 0 spiro atoms. The molecule has 0 bridgehead atoms. The highest BCUT2D eigenvalue weighted by Crippen LogP contribution is 2.36. The summed E-state index contributed by atoms with van der Waals surface area (Å²) in [6.45, 7) is 4.32. The Kier molecular flexibility index (Phi) is 33.0. The number of aliphatic hydroxyl groups is 1. The van der Waals surface area contributed by atoms with Gasteiger partial charge in [-0.25, -0.2) is 0 Å². The van der Waals surface area contributed by atoms with E-state index in [1.54, 1.807) is 6.92 Å². The number of carbonyl (C=O) groups is 16. The molecule has 0 radical (unpaired) electrons. The largest absolute Gasteiger partial charge is 0.508 e. The minimum absolute atomic E-state index is 0.0163. The average molecular weight is 1550 g/mol. The fourth-order valence-corrected chi connectivity index (χ4v) is 12.6. The van der Waals surface area contributed by atoms with Crippen molar-refractivity contribution in [2.45, 2.75) is 178 Å². The van der Waals surface area contributed by atoms with Crippen molar-refractivity contribution < 1.29 is 92.0 Å². The summed E-state index contributed by atoms with van der Waals surface area (Å²) < 4.78 is 0. The zero-order chi connectivity index (χ0) is 81.9. The van der Waals surface area contributed by atoms with Crippen LogP contribution in [-0.4, -0.2) is 220 Å². The third kappa shape index (κ3) is 26.2. The first-order chi connectivity index (χ1) is 52.6. The van der Waals surface area contributed by atoms with E-state index < -0.39 is 205 Å². The van der Waals surface area contributed by atoms with E-state index in [-0.39, 0.29) is 83.2 Å². The molecular formula is C73H99N19O19. The van der Waals surface area contributed by atoms with E-state index in [9.17, 15) is 87.2 Å². The van der Waals surface area contributed by atoms with Gasteiger partial charge in [0.2, 0.25) is 88.6 Å². The lowest BCUT2D eigenvalue weighted by atomic mass is 9.91. The number of aromatic hydroxyl groups is 1. The summed E-state index contributed by atoms with van der Waals surface area (Å²) in [5.74, 6) is -18.4. The number of phenolic OH excluding ortho intramolecular Hbond substituents is 1. The van der Waals surface area contributed by atoms with Gasteiger partial charge in [0, 0.05) is 19.5 Å². The van der Waals surface area contributed by atoms with Crippen LogP contribution in [0.3, 0.4) is 0 Å². The van der Waals surface area contributed by atoms with E-state index in [1.807, 2.05) is 54.6 Å². The molecule has 0 aliphatic carbocycles. The van der Waals surface area contributed by atoms with Crippen molar-refractivity contribution in [3.8, 4) is 5.75 Å². The first-order valence-corrected chi connectivity index (χ1v) is 36.1. The summed E-state index contributed by atoms with van der Waals surface area (Å²) >= 11 is 0. The number of aliphatic carboxylic acids is 1. The first kappa shape index (κ1) is 87.6. The van der Waals surface area contributed by atoms with E-state index >= 15 is 4.79 Å². The lowest BCUT2D eigenvalue weighted by molar-refractivity contribution is -0.143. The normalized spacial score (nSPS) is 15.5. The van der Waals surface area contributed by atoms with Crippen molar-refractivity contribution in [1.29, 1.82) is 5.41 Å². The predicted octanol–water partition coefficient (Wildman–Crippen LogP) is -4.79. The molecule has 1 aliphatic heterocycles. The molecule has 0 aromatic heterocycles. The third-order valence-electron chi connectivity index (χ3n) is 18.6. The Labute approximate surface area is 637 Å². The van der Waals surface area contributed by atoms with Gasteiger partial charge in [-0.15, -0.1) is 0 Å². The summed E-state index contributed by atoms with van der Waals surface area (Å²) in [4.78, 5) is 218. The number of hydrogen-bond donors (Lipinski definition) is 21. The topological polar surface area (TPSA) is 635 Å². The second-order valence-corrected chi connectivity index (χ2v) is 27.2. The molecule has 15 amide bonds. The molecule has 1 aliphatic rings. The van der Waals surface area contributed by atoms with Gasteiger partial charge in [-0.05, 0) is 127 Å². The van der Waals surface area contributed by atoms with Gasteiger partial charge in [0.05, 0.1) is 44.9 Å². The van der Waals surface area contributed by atoms with Crippen LogP contribution in [0.1, 0.15) is 109 Å². The number of carboxylic acid groups (broad SMARTS) is 1. The number of carbonyl (C=O) groups excluding carboxylic acids is 15. The van der Waals surface area contributed by atoms with Crippen LogP contribution in [0, 0.1) is 11.3 Å². The number of carboxylic acids is 1. The van der Waals surface area contributed by atoms with Gasteiger partial charge in [-0.2, -0.15) is 0 Å². The maximum Gasteiger partial charge on any atom is 0.305 e. The number of rotatable bonds is 44. The second-order valence-electron chi connectivity index (χ2n) is 27.2. The van der Waals surface area contributed by atoms with Gasteiger partial charge in [0.1, 0.15) is 66.2 Å². The Bertz CT molecular complexity index is 4240. The summed E-state index contributed by atoms with van der Waals surface area (Å²) in [5, 5.41) is 72.9. The van der Waals surface area contributed by atoms with Crippen LogP contribution in [0.5, 0.6) is 5.75 Å². The number of primary amides is 3. The van der Waals surface area contributed by atoms with E-state index in [4.69, 9.17) is 34.1 Å². The number of guanidine groups is 1. The monoisotopic (exact) mass is 1550 g/mol. The summed E-state index contributed by atoms with van der Waals surface area (Å²) in [6.07, 6.45) is -4.51. The average Bonchev–Trinajstić information content (AvgIpc) is 1.11. The van der Waals surface area contributed by atoms with Crippen molar-refractivity contribution in [2.24, 2.45) is 34.6 Å². The number of amides is 15. The molecule has 1 fully saturated rings. The van der Waals surface area contributed by atoms with E-state index in [0.717, 1.165) is 49.7 Å². The molecule has 111 heavy (non-hydrogen) atoms. The second kappa shape index (κ2) is 41.8. The predicted molar refractivity (Wildman–Crippen MR) is 402 cm³/mol. The van der Waals surface area contributed by atoms with E-state index in [0.29, 0.717) is 12.0 Å². The Morgan fingerprint density at radius 1 is 0.532 bits per heavy atom. The van der Waals surface area contributed by atoms with Gasteiger partial charge in [-0.3, -0.25) is 82.1 Å². The van der Waals surface area contributed by atoms with Crippen molar-refractivity contribution in [3.05, 3.63) is 90.0 Å². The molecule has 0 unspecified atom stereocenters. The van der Waals surface area contributed by atoms with Crippen molar-refractivity contribution in [2.75, 3.05) is 32.7 Å². The first-order valence-electron chi connectivity index (χ1n) is 36.1. The lowest BCUT2D eigenvalue weighted by Crippen LogP contribution is -2.62. The van der Waals surface area contributed by atoms with Gasteiger partial charge in [0.25, 0.3) is 0 Å². The molecule has 5 aromatic carbocycles. The quantitative estimate of drug-likeness (QED) is 0.00753. The molecule has 38 nitrogen and oxygen atoms in total. The highest BCUT2D eigenvalue weighted by Gasteiger charge is 2.42. The molecule has 1 saturated heterocycles. The van der Waals surface area contributed by atoms with Gasteiger partial charge in [0.15, 0.2) is 5.96 Å². The van der Waals surface area contributed by atoms with Crippen molar-refractivity contribution in [1.82, 2.24) is 68.7 Å². The number of nitrogens with one attached hydrogen (secondary N) is 13. The van der Waals surface area contributed by atoms with Crippen LogP contribution in [-0.2, 0) is 89.6 Å². The minimum atomic E-state index is -1.98. The van der Waals surface area contributed by atoms with Gasteiger partial charge < -0.3 is 113 Å². The Morgan fingerprint density at radius 3 is 1.64 bits per heavy atom. The Hall–Kier alpha value is -12.3. The number of nitrogens with two attached hydrogens (primary N) is 5. The van der Waals surface area contributed by atoms with E-state index in [2.05, 4.69) is 63.8 Å². The standard InChI is InChI=1S/C73H99N19O19/c1-5-36(2)61(90-67(106)49(32-54(76)96)86-64(103)46(13-6-7-26-74)84-63(102)37(3)83-57(99)35-81-56(98)30-43-21-20-42-19-18-40-11-8-12-41-22-25-45(43)60(42)59(40)41)71(110)88-48(31-53(75)95)66(105)89-51(29-39-16-23-44(94)24-17-39)72(111)92-28-10-15-52(92)69(108)85-47(14-9-27-80-73(78)79)65(104)87-50(33-58(100)101)68(107)91-62(38(4)93)70(109)82-34-55(77)97/h8,11-12,16-25,36-38,46-52,61-62,93-94H,5-7,9-10,13-15,26-35,74H2,1-4H3,(H2,75,95)(H2,76,96)(H2,77,97)(H,81,98)(H,82,109)(H,83,99)(H,84,102)(H,85,108)(H,86,103)(H,87,104)(H,88,110)(H,89,105)(H,90,106)(H,91,107)(H,100,101)(H4,78,79,80)/t36-,37-,38+,46-,47-,48-,49-,50-,51-,52-,61-,62-/m0/s1. The smallest absolute Gasteiger partial charge is 0.305 e. The molecule has 6 rings (SSSR count). The molecule has 1 heterocycles.